The molecule has 16 heavy (non-hydrogen) atoms. The zero-order valence-electron chi connectivity index (χ0n) is 9.74. The maximum atomic E-state index is 12.0. The lowest BCUT2D eigenvalue weighted by Gasteiger charge is -2.25. The van der Waals surface area contributed by atoms with Gasteiger partial charge in [-0.1, -0.05) is 0 Å². The number of fused-ring (bicyclic) bond motifs is 1. The van der Waals surface area contributed by atoms with Crippen LogP contribution in [-0.4, -0.2) is 35.2 Å². The molecule has 2 N–H and O–H groups in total. The molecule has 0 aromatic rings. The summed E-state index contributed by atoms with van der Waals surface area (Å²) in [6, 6.07) is -0.785. The van der Waals surface area contributed by atoms with Crippen LogP contribution in [-0.2, 0) is 14.3 Å². The first-order valence-corrected chi connectivity index (χ1v) is 5.47. The maximum absolute atomic E-state index is 12.0. The Kier molecular flexibility index (Phi) is 2.28. The van der Waals surface area contributed by atoms with Gasteiger partial charge in [-0.2, -0.15) is 0 Å². The minimum atomic E-state index is -0.967. The fourth-order valence-corrected chi connectivity index (χ4v) is 2.45. The number of carbonyl (C=O) groups is 2. The van der Waals surface area contributed by atoms with Crippen molar-refractivity contribution in [3.63, 3.8) is 0 Å². The van der Waals surface area contributed by atoms with Crippen LogP contribution >= 0.6 is 0 Å². The van der Waals surface area contributed by atoms with Gasteiger partial charge >= 0.3 is 11.9 Å². The lowest BCUT2D eigenvalue weighted by atomic mass is 9.96. The summed E-state index contributed by atoms with van der Waals surface area (Å²) in [7, 11) is 0. The molecule has 0 amide bonds. The van der Waals surface area contributed by atoms with Crippen LogP contribution in [0.25, 0.3) is 0 Å². The van der Waals surface area contributed by atoms with E-state index in [-0.39, 0.29) is 11.9 Å². The molecule has 0 aromatic heterocycles. The summed E-state index contributed by atoms with van der Waals surface area (Å²) >= 11 is 0. The molecule has 3 atom stereocenters. The first kappa shape index (κ1) is 11.4. The first-order chi connectivity index (χ1) is 7.27. The molecule has 1 aliphatic carbocycles. The van der Waals surface area contributed by atoms with Gasteiger partial charge in [0.1, 0.15) is 11.6 Å². The molecule has 0 radical (unpaired) electrons. The van der Waals surface area contributed by atoms with Crippen LogP contribution in [0.4, 0.5) is 0 Å². The predicted octanol–water partition coefficient (Wildman–Crippen LogP) is 0.391. The molecule has 1 aliphatic heterocycles. The second kappa shape index (κ2) is 3.20. The van der Waals surface area contributed by atoms with Crippen molar-refractivity contribution in [3.8, 4) is 0 Å². The molecule has 90 valence electrons. The molecule has 1 saturated heterocycles. The van der Waals surface area contributed by atoms with E-state index in [2.05, 4.69) is 5.32 Å². The molecule has 5 heteroatoms. The predicted molar refractivity (Wildman–Crippen MR) is 55.8 cm³/mol. The Morgan fingerprint density at radius 3 is 2.50 bits per heavy atom. The number of carboxylic acid groups (broad SMARTS) is 1. The molecule has 0 bridgehead atoms. The number of ether oxygens (including phenoxy) is 1. The largest absolute Gasteiger partial charge is 0.480 e. The fraction of sp³-hybridized carbons (Fsp3) is 0.818. The van der Waals surface area contributed by atoms with Crippen LogP contribution in [0.5, 0.6) is 0 Å². The maximum Gasteiger partial charge on any atom is 0.321 e. The van der Waals surface area contributed by atoms with E-state index in [0.29, 0.717) is 13.0 Å². The van der Waals surface area contributed by atoms with Crippen LogP contribution in [0.3, 0.4) is 0 Å². The van der Waals surface area contributed by atoms with E-state index in [9.17, 15) is 9.59 Å². The Hall–Kier alpha value is -1.10. The summed E-state index contributed by atoms with van der Waals surface area (Å²) in [5, 5.41) is 11.9. The topological polar surface area (TPSA) is 75.6 Å². The Bertz CT molecular complexity index is 346. The SMILES string of the molecule is CC(C)(C)OC(=O)[C@]12C[C@@H]1CN[C@@H]2C(=O)O. The second-order valence-electron chi connectivity index (χ2n) is 5.62. The van der Waals surface area contributed by atoms with Gasteiger partial charge in [0.2, 0.25) is 0 Å². The average Bonchev–Trinajstić information content (AvgIpc) is 2.70. The molecule has 1 saturated carbocycles. The highest BCUT2D eigenvalue weighted by molar-refractivity contribution is 5.91. The second-order valence-corrected chi connectivity index (χ2v) is 5.62. The van der Waals surface area contributed by atoms with Gasteiger partial charge in [0.15, 0.2) is 0 Å². The number of hydrogen-bond donors (Lipinski definition) is 2. The average molecular weight is 227 g/mol. The van der Waals surface area contributed by atoms with Crippen molar-refractivity contribution in [2.75, 3.05) is 6.54 Å². The Labute approximate surface area is 94.2 Å². The standard InChI is InChI=1S/C11H17NO4/c1-10(2,3)16-9(15)11-4-6(11)5-12-7(11)8(13)14/h6-7,12H,4-5H2,1-3H3,(H,13,14)/t6-,7-,11-/m1/s1. The van der Waals surface area contributed by atoms with E-state index >= 15 is 0 Å². The molecule has 2 aliphatic rings. The van der Waals surface area contributed by atoms with E-state index < -0.39 is 23.0 Å². The number of nitrogens with one attached hydrogen (secondary N) is 1. The van der Waals surface area contributed by atoms with Gasteiger partial charge in [-0.05, 0) is 33.1 Å². The normalized spacial score (nSPS) is 36.7. The molecular weight excluding hydrogens is 210 g/mol. The zero-order chi connectivity index (χ0) is 12.1. The van der Waals surface area contributed by atoms with E-state index in [0.717, 1.165) is 0 Å². The minimum absolute atomic E-state index is 0.128. The summed E-state index contributed by atoms with van der Waals surface area (Å²) in [4.78, 5) is 23.1. The monoisotopic (exact) mass is 227 g/mol. The van der Waals surface area contributed by atoms with Crippen LogP contribution < -0.4 is 5.32 Å². The third-order valence-electron chi connectivity index (χ3n) is 3.26. The van der Waals surface area contributed by atoms with Crippen molar-refractivity contribution >= 4 is 11.9 Å². The lowest BCUT2D eigenvalue weighted by Crippen LogP contribution is -2.45. The van der Waals surface area contributed by atoms with E-state index in [1.54, 1.807) is 20.8 Å². The minimum Gasteiger partial charge on any atom is -0.480 e. The van der Waals surface area contributed by atoms with Crippen molar-refractivity contribution in [1.29, 1.82) is 0 Å². The third kappa shape index (κ3) is 1.59. The van der Waals surface area contributed by atoms with Gasteiger partial charge in [0, 0.05) is 6.54 Å². The number of rotatable bonds is 2. The van der Waals surface area contributed by atoms with Gasteiger partial charge in [-0.15, -0.1) is 0 Å². The highest BCUT2D eigenvalue weighted by Gasteiger charge is 2.71. The van der Waals surface area contributed by atoms with Crippen molar-refractivity contribution in [2.24, 2.45) is 11.3 Å². The van der Waals surface area contributed by atoms with Crippen LogP contribution in [0.2, 0.25) is 0 Å². The van der Waals surface area contributed by atoms with Crippen LogP contribution in [0.1, 0.15) is 27.2 Å². The molecule has 2 rings (SSSR count). The highest BCUT2D eigenvalue weighted by Crippen LogP contribution is 2.59. The van der Waals surface area contributed by atoms with Crippen molar-refractivity contribution in [2.45, 2.75) is 38.8 Å². The van der Waals surface area contributed by atoms with Crippen molar-refractivity contribution in [1.82, 2.24) is 5.32 Å². The molecule has 0 aromatic carbocycles. The van der Waals surface area contributed by atoms with Crippen LogP contribution in [0.15, 0.2) is 0 Å². The van der Waals surface area contributed by atoms with Gasteiger partial charge in [0.05, 0.1) is 5.41 Å². The molecular formula is C11H17NO4. The Morgan fingerprint density at radius 1 is 1.44 bits per heavy atom. The summed E-state index contributed by atoms with van der Waals surface area (Å²) in [5.74, 6) is -1.21. The summed E-state index contributed by atoms with van der Waals surface area (Å²) < 4.78 is 5.30. The number of carboxylic acids is 1. The lowest BCUT2D eigenvalue weighted by molar-refractivity contribution is -0.166. The molecule has 5 nitrogen and oxygen atoms in total. The van der Waals surface area contributed by atoms with Crippen molar-refractivity contribution < 1.29 is 19.4 Å². The Morgan fingerprint density at radius 2 is 2.06 bits per heavy atom. The third-order valence-corrected chi connectivity index (χ3v) is 3.26. The first-order valence-electron chi connectivity index (χ1n) is 5.47. The summed E-state index contributed by atoms with van der Waals surface area (Å²) in [6.07, 6.45) is 0.631. The number of piperidine rings is 1. The van der Waals surface area contributed by atoms with E-state index in [1.807, 2.05) is 0 Å². The van der Waals surface area contributed by atoms with Gasteiger partial charge < -0.3 is 15.2 Å². The summed E-state index contributed by atoms with van der Waals surface area (Å²) in [6.45, 7) is 5.96. The number of aliphatic carboxylic acids is 1. The van der Waals surface area contributed by atoms with E-state index in [4.69, 9.17) is 9.84 Å². The van der Waals surface area contributed by atoms with Gasteiger partial charge in [0.25, 0.3) is 0 Å². The quantitative estimate of drug-likeness (QED) is 0.667. The zero-order valence-corrected chi connectivity index (χ0v) is 9.74. The Balaban J connectivity index is 2.14. The number of carbonyl (C=O) groups excluding carboxylic acids is 1. The van der Waals surface area contributed by atoms with E-state index in [1.165, 1.54) is 0 Å². The number of hydrogen-bond acceptors (Lipinski definition) is 4. The molecule has 1 heterocycles. The number of esters is 1. The molecule has 0 spiro atoms. The fourth-order valence-electron chi connectivity index (χ4n) is 2.45. The smallest absolute Gasteiger partial charge is 0.321 e. The highest BCUT2D eigenvalue weighted by atomic mass is 16.6. The van der Waals surface area contributed by atoms with Crippen LogP contribution in [0, 0.1) is 11.3 Å². The van der Waals surface area contributed by atoms with Gasteiger partial charge in [-0.25, -0.2) is 0 Å². The molecule has 2 fully saturated rings. The molecule has 0 unspecified atom stereocenters. The van der Waals surface area contributed by atoms with Crippen molar-refractivity contribution in [3.05, 3.63) is 0 Å². The van der Waals surface area contributed by atoms with Gasteiger partial charge in [-0.3, -0.25) is 9.59 Å². The summed E-state index contributed by atoms with van der Waals surface area (Å²) in [5.41, 5.74) is -1.37.